The molecule has 1 heterocycles. The summed E-state index contributed by atoms with van der Waals surface area (Å²) in [5, 5.41) is 2.81. The van der Waals surface area contributed by atoms with E-state index in [9.17, 15) is 4.79 Å². The third-order valence-corrected chi connectivity index (χ3v) is 2.35. The molecule has 2 rings (SSSR count). The molecule has 1 saturated heterocycles. The zero-order valence-electron chi connectivity index (χ0n) is 9.02. The van der Waals surface area contributed by atoms with E-state index < -0.39 is 0 Å². The molecule has 86 valence electrons. The third-order valence-electron chi connectivity index (χ3n) is 2.35. The Morgan fingerprint density at radius 3 is 2.75 bits per heavy atom. The number of ether oxygens (including phenoxy) is 2. The van der Waals surface area contributed by atoms with E-state index in [-0.39, 0.29) is 18.6 Å². The van der Waals surface area contributed by atoms with Crippen molar-refractivity contribution in [2.75, 3.05) is 19.8 Å². The smallest absolute Gasteiger partial charge is 0.246 e. The van der Waals surface area contributed by atoms with Crippen molar-refractivity contribution in [2.24, 2.45) is 0 Å². The maximum absolute atomic E-state index is 11.3. The van der Waals surface area contributed by atoms with Gasteiger partial charge in [-0.05, 0) is 5.56 Å². The number of rotatable bonds is 5. The lowest BCUT2D eigenvalue weighted by Crippen LogP contribution is -2.49. The van der Waals surface area contributed by atoms with Crippen LogP contribution in [0.4, 0.5) is 0 Å². The lowest BCUT2D eigenvalue weighted by molar-refractivity contribution is -0.130. The minimum Gasteiger partial charge on any atom is -0.377 e. The Hall–Kier alpha value is -1.39. The van der Waals surface area contributed by atoms with Gasteiger partial charge in [0.15, 0.2) is 0 Å². The SMILES string of the molecule is O=C(COCc1ccccc1)NC1COC1. The molecule has 0 unspecified atom stereocenters. The van der Waals surface area contributed by atoms with Crippen LogP contribution >= 0.6 is 0 Å². The average molecular weight is 221 g/mol. The first-order chi connectivity index (χ1) is 7.84. The van der Waals surface area contributed by atoms with Crippen LogP contribution < -0.4 is 5.32 Å². The van der Waals surface area contributed by atoms with Gasteiger partial charge in [0.25, 0.3) is 0 Å². The van der Waals surface area contributed by atoms with Gasteiger partial charge >= 0.3 is 0 Å². The summed E-state index contributed by atoms with van der Waals surface area (Å²) < 4.78 is 10.3. The van der Waals surface area contributed by atoms with Crippen molar-refractivity contribution in [2.45, 2.75) is 12.6 Å². The van der Waals surface area contributed by atoms with E-state index in [1.165, 1.54) is 0 Å². The van der Waals surface area contributed by atoms with Crippen molar-refractivity contribution >= 4 is 5.91 Å². The van der Waals surface area contributed by atoms with Crippen LogP contribution in [-0.2, 0) is 20.9 Å². The standard InChI is InChI=1S/C12H15NO3/c14-12(13-11-7-16-8-11)9-15-6-10-4-2-1-3-5-10/h1-5,11H,6-9H2,(H,13,14). The van der Waals surface area contributed by atoms with Gasteiger partial charge in [0.2, 0.25) is 5.91 Å². The molecule has 0 saturated carbocycles. The molecule has 1 aromatic carbocycles. The van der Waals surface area contributed by atoms with Crippen molar-refractivity contribution in [3.63, 3.8) is 0 Å². The average Bonchev–Trinajstić information content (AvgIpc) is 2.25. The second kappa shape index (κ2) is 5.63. The fourth-order valence-corrected chi connectivity index (χ4v) is 1.42. The Labute approximate surface area is 94.6 Å². The molecule has 4 nitrogen and oxygen atoms in total. The predicted octanol–water partition coefficient (Wildman–Crippen LogP) is 0.718. The van der Waals surface area contributed by atoms with E-state index in [0.717, 1.165) is 5.56 Å². The maximum Gasteiger partial charge on any atom is 0.246 e. The number of carbonyl (C=O) groups excluding carboxylic acids is 1. The molecule has 1 fully saturated rings. The number of amides is 1. The van der Waals surface area contributed by atoms with Crippen LogP contribution in [0.5, 0.6) is 0 Å². The number of carbonyl (C=O) groups is 1. The van der Waals surface area contributed by atoms with Crippen LogP contribution in [0.2, 0.25) is 0 Å². The fraction of sp³-hybridized carbons (Fsp3) is 0.417. The van der Waals surface area contributed by atoms with Gasteiger partial charge in [-0.2, -0.15) is 0 Å². The van der Waals surface area contributed by atoms with Crippen molar-refractivity contribution in [1.29, 1.82) is 0 Å². The van der Waals surface area contributed by atoms with E-state index in [4.69, 9.17) is 9.47 Å². The number of hydrogen-bond acceptors (Lipinski definition) is 3. The highest BCUT2D eigenvalue weighted by molar-refractivity contribution is 5.77. The Morgan fingerprint density at radius 2 is 2.12 bits per heavy atom. The van der Waals surface area contributed by atoms with Gasteiger partial charge in [0.1, 0.15) is 6.61 Å². The molecule has 1 amide bonds. The molecule has 0 aromatic heterocycles. The van der Waals surface area contributed by atoms with Gasteiger partial charge in [-0.1, -0.05) is 30.3 Å². The second-order valence-electron chi connectivity index (χ2n) is 3.78. The molecule has 0 aliphatic carbocycles. The van der Waals surface area contributed by atoms with E-state index in [0.29, 0.717) is 19.8 Å². The van der Waals surface area contributed by atoms with Crippen LogP contribution in [0.15, 0.2) is 30.3 Å². The molecule has 1 aliphatic heterocycles. The third kappa shape index (κ3) is 3.32. The van der Waals surface area contributed by atoms with Gasteiger partial charge in [-0.25, -0.2) is 0 Å². The highest BCUT2D eigenvalue weighted by atomic mass is 16.5. The van der Waals surface area contributed by atoms with Crippen LogP contribution in [0.3, 0.4) is 0 Å². The molecule has 1 N–H and O–H groups in total. The normalized spacial score (nSPS) is 15.5. The Bertz CT molecular complexity index is 335. The number of benzene rings is 1. The topological polar surface area (TPSA) is 47.6 Å². The summed E-state index contributed by atoms with van der Waals surface area (Å²) >= 11 is 0. The highest BCUT2D eigenvalue weighted by Gasteiger charge is 2.19. The Balaban J connectivity index is 1.62. The molecular weight excluding hydrogens is 206 g/mol. The van der Waals surface area contributed by atoms with Crippen LogP contribution in [-0.4, -0.2) is 31.8 Å². The van der Waals surface area contributed by atoms with Crippen molar-refractivity contribution in [3.05, 3.63) is 35.9 Å². The van der Waals surface area contributed by atoms with Crippen molar-refractivity contribution < 1.29 is 14.3 Å². The lowest BCUT2D eigenvalue weighted by atomic mass is 10.2. The molecule has 16 heavy (non-hydrogen) atoms. The molecule has 0 bridgehead atoms. The summed E-state index contributed by atoms with van der Waals surface area (Å²) in [5.74, 6) is -0.0794. The summed E-state index contributed by atoms with van der Waals surface area (Å²) in [6.07, 6.45) is 0. The van der Waals surface area contributed by atoms with Gasteiger partial charge in [0.05, 0.1) is 25.9 Å². The van der Waals surface area contributed by atoms with Gasteiger partial charge in [-0.15, -0.1) is 0 Å². The van der Waals surface area contributed by atoms with E-state index in [1.54, 1.807) is 0 Å². The Kier molecular flexibility index (Phi) is 3.91. The van der Waals surface area contributed by atoms with Crippen LogP contribution in [0.25, 0.3) is 0 Å². The summed E-state index contributed by atoms with van der Waals surface area (Å²) in [4.78, 5) is 11.3. The van der Waals surface area contributed by atoms with Gasteiger partial charge in [-0.3, -0.25) is 4.79 Å². The summed E-state index contributed by atoms with van der Waals surface area (Å²) in [6.45, 7) is 1.80. The fourth-order valence-electron chi connectivity index (χ4n) is 1.42. The minimum atomic E-state index is -0.0794. The molecular formula is C12H15NO3. The zero-order chi connectivity index (χ0) is 11.2. The van der Waals surface area contributed by atoms with Crippen LogP contribution in [0, 0.1) is 0 Å². The predicted molar refractivity (Wildman–Crippen MR) is 58.8 cm³/mol. The van der Waals surface area contributed by atoms with E-state index in [1.807, 2.05) is 30.3 Å². The molecule has 0 atom stereocenters. The number of nitrogens with one attached hydrogen (secondary N) is 1. The summed E-state index contributed by atoms with van der Waals surface area (Å²) in [7, 11) is 0. The maximum atomic E-state index is 11.3. The second-order valence-corrected chi connectivity index (χ2v) is 3.78. The minimum absolute atomic E-state index is 0.0794. The van der Waals surface area contributed by atoms with E-state index >= 15 is 0 Å². The molecule has 1 aliphatic rings. The van der Waals surface area contributed by atoms with Crippen LogP contribution in [0.1, 0.15) is 5.56 Å². The monoisotopic (exact) mass is 221 g/mol. The van der Waals surface area contributed by atoms with Crippen molar-refractivity contribution in [1.82, 2.24) is 5.32 Å². The Morgan fingerprint density at radius 1 is 1.38 bits per heavy atom. The van der Waals surface area contributed by atoms with Gasteiger partial charge in [0, 0.05) is 0 Å². The van der Waals surface area contributed by atoms with Crippen molar-refractivity contribution in [3.8, 4) is 0 Å². The first kappa shape index (κ1) is 11.1. The number of hydrogen-bond donors (Lipinski definition) is 1. The molecule has 1 aromatic rings. The molecule has 0 radical (unpaired) electrons. The molecule has 4 heteroatoms. The molecule has 0 spiro atoms. The lowest BCUT2D eigenvalue weighted by Gasteiger charge is -2.26. The first-order valence-corrected chi connectivity index (χ1v) is 5.33. The first-order valence-electron chi connectivity index (χ1n) is 5.33. The quantitative estimate of drug-likeness (QED) is 0.797. The summed E-state index contributed by atoms with van der Waals surface area (Å²) in [6, 6.07) is 9.96. The van der Waals surface area contributed by atoms with Gasteiger partial charge < -0.3 is 14.8 Å². The zero-order valence-corrected chi connectivity index (χ0v) is 9.02. The summed E-state index contributed by atoms with van der Waals surface area (Å²) in [5.41, 5.74) is 1.07. The largest absolute Gasteiger partial charge is 0.377 e. The van der Waals surface area contributed by atoms with E-state index in [2.05, 4.69) is 5.32 Å². The highest BCUT2D eigenvalue weighted by Crippen LogP contribution is 2.01.